The second kappa shape index (κ2) is 12.0. The SMILES string of the molecule is CCOCCCNC(=NCc1nnc(C)n1C)NCCOc1ccc(C)cc1. The summed E-state index contributed by atoms with van der Waals surface area (Å²) in [5.74, 6) is 3.29. The number of aryl methyl sites for hydroxylation is 2. The van der Waals surface area contributed by atoms with E-state index in [2.05, 4.69) is 32.7 Å². The maximum Gasteiger partial charge on any atom is 0.191 e. The molecule has 0 spiro atoms. The Hall–Kier alpha value is -2.61. The van der Waals surface area contributed by atoms with Crippen LogP contribution < -0.4 is 15.4 Å². The van der Waals surface area contributed by atoms with Crippen molar-refractivity contribution in [1.82, 2.24) is 25.4 Å². The fraction of sp³-hybridized carbons (Fsp3) is 0.550. The van der Waals surface area contributed by atoms with Gasteiger partial charge in [0.1, 0.15) is 24.7 Å². The molecule has 0 atom stereocenters. The molecule has 0 saturated carbocycles. The lowest BCUT2D eigenvalue weighted by Gasteiger charge is -2.13. The number of nitrogens with one attached hydrogen (secondary N) is 2. The molecule has 154 valence electrons. The van der Waals surface area contributed by atoms with E-state index < -0.39 is 0 Å². The summed E-state index contributed by atoms with van der Waals surface area (Å²) in [6.45, 7) is 9.88. The molecule has 0 amide bonds. The maximum atomic E-state index is 5.76. The van der Waals surface area contributed by atoms with E-state index in [1.165, 1.54) is 5.56 Å². The zero-order valence-electron chi connectivity index (χ0n) is 17.4. The quantitative estimate of drug-likeness (QED) is 0.348. The molecule has 0 unspecified atom stereocenters. The minimum absolute atomic E-state index is 0.455. The number of hydrogen-bond acceptors (Lipinski definition) is 5. The fourth-order valence-electron chi connectivity index (χ4n) is 2.41. The van der Waals surface area contributed by atoms with Gasteiger partial charge in [-0.2, -0.15) is 0 Å². The Bertz CT molecular complexity index is 727. The van der Waals surface area contributed by atoms with Crippen LogP contribution in [0.2, 0.25) is 0 Å². The second-order valence-corrected chi connectivity index (χ2v) is 6.45. The van der Waals surface area contributed by atoms with Gasteiger partial charge in [0.15, 0.2) is 11.8 Å². The number of hydrogen-bond donors (Lipinski definition) is 2. The molecule has 0 aliphatic rings. The molecule has 0 aliphatic carbocycles. The van der Waals surface area contributed by atoms with Crippen molar-refractivity contribution in [2.75, 3.05) is 32.9 Å². The smallest absolute Gasteiger partial charge is 0.191 e. The van der Waals surface area contributed by atoms with Crippen LogP contribution in [0, 0.1) is 13.8 Å². The van der Waals surface area contributed by atoms with E-state index in [1.807, 2.05) is 49.7 Å². The lowest BCUT2D eigenvalue weighted by atomic mass is 10.2. The molecule has 2 rings (SSSR count). The number of guanidine groups is 1. The summed E-state index contributed by atoms with van der Waals surface area (Å²) in [5.41, 5.74) is 1.22. The van der Waals surface area contributed by atoms with Crippen LogP contribution in [0.4, 0.5) is 0 Å². The van der Waals surface area contributed by atoms with Gasteiger partial charge in [-0.3, -0.25) is 0 Å². The zero-order chi connectivity index (χ0) is 20.2. The first-order chi connectivity index (χ1) is 13.6. The van der Waals surface area contributed by atoms with Gasteiger partial charge >= 0.3 is 0 Å². The molecule has 0 radical (unpaired) electrons. The molecule has 28 heavy (non-hydrogen) atoms. The number of rotatable bonds is 11. The number of aliphatic imine (C=N–C) groups is 1. The molecule has 2 aromatic rings. The first-order valence-electron chi connectivity index (χ1n) is 9.74. The zero-order valence-corrected chi connectivity index (χ0v) is 17.4. The Morgan fingerprint density at radius 1 is 1.07 bits per heavy atom. The van der Waals surface area contributed by atoms with Crippen molar-refractivity contribution < 1.29 is 9.47 Å². The Morgan fingerprint density at radius 2 is 1.82 bits per heavy atom. The third-order valence-corrected chi connectivity index (χ3v) is 4.21. The van der Waals surface area contributed by atoms with Crippen LogP contribution in [0.15, 0.2) is 29.3 Å². The normalized spacial score (nSPS) is 11.5. The molecular weight excluding hydrogens is 356 g/mol. The van der Waals surface area contributed by atoms with Gasteiger partial charge in [0, 0.05) is 26.8 Å². The Balaban J connectivity index is 1.82. The average Bonchev–Trinajstić information content (AvgIpc) is 3.02. The minimum Gasteiger partial charge on any atom is -0.492 e. The van der Waals surface area contributed by atoms with E-state index in [-0.39, 0.29) is 0 Å². The predicted molar refractivity (Wildman–Crippen MR) is 111 cm³/mol. The van der Waals surface area contributed by atoms with Gasteiger partial charge in [-0.1, -0.05) is 17.7 Å². The van der Waals surface area contributed by atoms with E-state index in [1.54, 1.807) is 0 Å². The van der Waals surface area contributed by atoms with Crippen LogP contribution in [-0.4, -0.2) is 53.6 Å². The van der Waals surface area contributed by atoms with Crippen molar-refractivity contribution in [2.24, 2.45) is 12.0 Å². The summed E-state index contributed by atoms with van der Waals surface area (Å²) in [6.07, 6.45) is 0.914. The number of benzene rings is 1. The third-order valence-electron chi connectivity index (χ3n) is 4.21. The van der Waals surface area contributed by atoms with Crippen LogP contribution in [-0.2, 0) is 18.3 Å². The third kappa shape index (κ3) is 7.56. The summed E-state index contributed by atoms with van der Waals surface area (Å²) in [7, 11) is 1.94. The molecule has 1 aromatic carbocycles. The molecule has 2 N–H and O–H groups in total. The second-order valence-electron chi connectivity index (χ2n) is 6.45. The van der Waals surface area contributed by atoms with Crippen molar-refractivity contribution in [1.29, 1.82) is 0 Å². The molecular formula is C20H32N6O2. The molecule has 0 saturated heterocycles. The Kier molecular flexibility index (Phi) is 9.27. The van der Waals surface area contributed by atoms with Crippen molar-refractivity contribution >= 4 is 5.96 Å². The highest BCUT2D eigenvalue weighted by molar-refractivity contribution is 5.79. The number of nitrogens with zero attached hydrogens (tertiary/aromatic N) is 4. The van der Waals surface area contributed by atoms with E-state index in [4.69, 9.17) is 9.47 Å². The van der Waals surface area contributed by atoms with E-state index in [9.17, 15) is 0 Å². The highest BCUT2D eigenvalue weighted by atomic mass is 16.5. The van der Waals surface area contributed by atoms with Gasteiger partial charge in [-0.15, -0.1) is 10.2 Å². The van der Waals surface area contributed by atoms with E-state index in [0.717, 1.165) is 49.5 Å². The summed E-state index contributed by atoms with van der Waals surface area (Å²) < 4.78 is 13.1. The average molecular weight is 389 g/mol. The van der Waals surface area contributed by atoms with Gasteiger partial charge in [-0.05, 0) is 39.3 Å². The minimum atomic E-state index is 0.455. The van der Waals surface area contributed by atoms with Gasteiger partial charge in [-0.25, -0.2) is 4.99 Å². The highest BCUT2D eigenvalue weighted by Gasteiger charge is 2.05. The summed E-state index contributed by atoms with van der Waals surface area (Å²) >= 11 is 0. The lowest BCUT2D eigenvalue weighted by Crippen LogP contribution is -2.40. The van der Waals surface area contributed by atoms with Crippen molar-refractivity contribution in [3.05, 3.63) is 41.5 Å². The first kappa shape index (κ1) is 21.7. The molecule has 1 heterocycles. The molecule has 8 nitrogen and oxygen atoms in total. The highest BCUT2D eigenvalue weighted by Crippen LogP contribution is 2.10. The topological polar surface area (TPSA) is 85.6 Å². The van der Waals surface area contributed by atoms with Gasteiger partial charge in [0.05, 0.1) is 6.54 Å². The van der Waals surface area contributed by atoms with Gasteiger partial charge in [0.25, 0.3) is 0 Å². The summed E-state index contributed by atoms with van der Waals surface area (Å²) in [6, 6.07) is 8.04. The van der Waals surface area contributed by atoms with Crippen molar-refractivity contribution in [3.8, 4) is 5.75 Å². The molecule has 8 heteroatoms. The maximum absolute atomic E-state index is 5.76. The van der Waals surface area contributed by atoms with Gasteiger partial charge in [0.2, 0.25) is 0 Å². The van der Waals surface area contributed by atoms with E-state index in [0.29, 0.717) is 19.7 Å². The summed E-state index contributed by atoms with van der Waals surface area (Å²) in [4.78, 5) is 4.62. The van der Waals surface area contributed by atoms with Crippen LogP contribution in [0.5, 0.6) is 5.75 Å². The van der Waals surface area contributed by atoms with Crippen LogP contribution in [0.25, 0.3) is 0 Å². The lowest BCUT2D eigenvalue weighted by molar-refractivity contribution is 0.145. The Morgan fingerprint density at radius 3 is 2.50 bits per heavy atom. The Labute approximate surface area is 167 Å². The number of aromatic nitrogens is 3. The predicted octanol–water partition coefficient (Wildman–Crippen LogP) is 1.97. The standard InChI is InChI=1S/C20H32N6O2/c1-5-27-13-6-11-21-20(23-15-19-25-24-17(3)26(19)4)22-12-14-28-18-9-7-16(2)8-10-18/h7-10H,5-6,11-15H2,1-4H3,(H2,21,22,23). The summed E-state index contributed by atoms with van der Waals surface area (Å²) in [5, 5.41) is 14.9. The van der Waals surface area contributed by atoms with Crippen LogP contribution >= 0.6 is 0 Å². The molecule has 0 aliphatic heterocycles. The molecule has 0 bridgehead atoms. The van der Waals surface area contributed by atoms with Gasteiger partial charge < -0.3 is 24.7 Å². The fourth-order valence-corrected chi connectivity index (χ4v) is 2.41. The largest absolute Gasteiger partial charge is 0.492 e. The monoisotopic (exact) mass is 388 g/mol. The molecule has 1 aromatic heterocycles. The van der Waals surface area contributed by atoms with Crippen molar-refractivity contribution in [2.45, 2.75) is 33.7 Å². The first-order valence-corrected chi connectivity index (χ1v) is 9.74. The number of ether oxygens (including phenoxy) is 2. The van der Waals surface area contributed by atoms with Crippen LogP contribution in [0.1, 0.15) is 30.6 Å². The van der Waals surface area contributed by atoms with Crippen molar-refractivity contribution in [3.63, 3.8) is 0 Å². The van der Waals surface area contributed by atoms with Crippen LogP contribution in [0.3, 0.4) is 0 Å². The molecule has 0 fully saturated rings. The van der Waals surface area contributed by atoms with E-state index >= 15 is 0 Å².